The fourth-order valence-corrected chi connectivity index (χ4v) is 2.52. The predicted molar refractivity (Wildman–Crippen MR) is 96.9 cm³/mol. The van der Waals surface area contributed by atoms with Crippen molar-refractivity contribution >= 4 is 29.9 Å². The normalized spacial score (nSPS) is 16.7. The number of rotatable bonds is 3. The van der Waals surface area contributed by atoms with Gasteiger partial charge in [-0.1, -0.05) is 37.3 Å². The molecular weight excluding hydrogens is 361 g/mol. The number of benzene rings is 1. The summed E-state index contributed by atoms with van der Waals surface area (Å²) in [5.41, 5.74) is 1.37. The van der Waals surface area contributed by atoms with E-state index < -0.39 is 0 Å². The Kier molecular flexibility index (Phi) is 7.95. The fraction of sp³-hybridized carbons (Fsp3) is 0.562. The maximum Gasteiger partial charge on any atom is 0.193 e. The van der Waals surface area contributed by atoms with Crippen molar-refractivity contribution in [2.75, 3.05) is 26.7 Å². The minimum atomic E-state index is 0. The average molecular weight is 387 g/mol. The van der Waals surface area contributed by atoms with Gasteiger partial charge in [-0.15, -0.1) is 24.0 Å². The van der Waals surface area contributed by atoms with E-state index in [1.807, 2.05) is 7.05 Å². The molecule has 0 saturated carbocycles. The largest absolute Gasteiger partial charge is 0.356 e. The van der Waals surface area contributed by atoms with Gasteiger partial charge in [-0.25, -0.2) is 0 Å². The fourth-order valence-electron chi connectivity index (χ4n) is 2.52. The van der Waals surface area contributed by atoms with Gasteiger partial charge in [0.05, 0.1) is 0 Å². The van der Waals surface area contributed by atoms with Gasteiger partial charge in [-0.2, -0.15) is 0 Å². The number of hydrogen-bond donors (Lipinski definition) is 1. The van der Waals surface area contributed by atoms with E-state index in [4.69, 9.17) is 0 Å². The van der Waals surface area contributed by atoms with Crippen LogP contribution in [0.1, 0.15) is 25.3 Å². The third-order valence-corrected chi connectivity index (χ3v) is 3.83. The van der Waals surface area contributed by atoms with Gasteiger partial charge in [-0.3, -0.25) is 4.99 Å². The van der Waals surface area contributed by atoms with Gasteiger partial charge in [0.1, 0.15) is 0 Å². The van der Waals surface area contributed by atoms with Crippen molar-refractivity contribution in [3.05, 3.63) is 35.9 Å². The molecule has 1 fully saturated rings. The van der Waals surface area contributed by atoms with Gasteiger partial charge in [0.2, 0.25) is 0 Å². The molecule has 0 aromatic heterocycles. The topological polar surface area (TPSA) is 27.6 Å². The zero-order valence-electron chi connectivity index (χ0n) is 12.5. The molecule has 1 aromatic rings. The van der Waals surface area contributed by atoms with Gasteiger partial charge < -0.3 is 10.2 Å². The molecule has 112 valence electrons. The Bertz CT molecular complexity index is 397. The minimum absolute atomic E-state index is 0. The molecule has 1 N–H and O–H groups in total. The standard InChI is InChI=1S/C16H25N3.HI/c1-14-9-12-19(13-10-14)16(17-2)18-11-8-15-6-4-3-5-7-15;/h3-7,14H,8-13H2,1-2H3,(H,17,18);1H. The molecule has 0 bridgehead atoms. The van der Waals surface area contributed by atoms with Crippen LogP contribution in [0.3, 0.4) is 0 Å². The van der Waals surface area contributed by atoms with Crippen LogP contribution in [0.15, 0.2) is 35.3 Å². The Hall–Kier alpha value is -0.780. The van der Waals surface area contributed by atoms with Crippen molar-refractivity contribution in [1.82, 2.24) is 10.2 Å². The van der Waals surface area contributed by atoms with E-state index in [1.165, 1.54) is 18.4 Å². The lowest BCUT2D eigenvalue weighted by Crippen LogP contribution is -2.45. The number of nitrogens with zero attached hydrogens (tertiary/aromatic N) is 2. The molecule has 0 amide bonds. The summed E-state index contributed by atoms with van der Waals surface area (Å²) in [6.07, 6.45) is 3.60. The summed E-state index contributed by atoms with van der Waals surface area (Å²) >= 11 is 0. The number of guanidine groups is 1. The summed E-state index contributed by atoms with van der Waals surface area (Å²) in [7, 11) is 1.88. The Morgan fingerprint density at radius 3 is 2.50 bits per heavy atom. The number of halogens is 1. The monoisotopic (exact) mass is 387 g/mol. The maximum absolute atomic E-state index is 4.40. The van der Waals surface area contributed by atoms with Crippen LogP contribution >= 0.6 is 24.0 Å². The molecule has 0 radical (unpaired) electrons. The Morgan fingerprint density at radius 1 is 1.25 bits per heavy atom. The van der Waals surface area contributed by atoms with E-state index in [-0.39, 0.29) is 24.0 Å². The average Bonchev–Trinajstić information content (AvgIpc) is 2.46. The second-order valence-corrected chi connectivity index (χ2v) is 5.38. The van der Waals surface area contributed by atoms with Crippen LogP contribution in [0.4, 0.5) is 0 Å². The van der Waals surface area contributed by atoms with Gasteiger partial charge in [-0.05, 0) is 30.7 Å². The summed E-state index contributed by atoms with van der Waals surface area (Å²) in [6, 6.07) is 10.6. The lowest BCUT2D eigenvalue weighted by molar-refractivity contribution is 0.273. The lowest BCUT2D eigenvalue weighted by atomic mass is 10.00. The van der Waals surface area contributed by atoms with Crippen molar-refractivity contribution in [3.8, 4) is 0 Å². The highest BCUT2D eigenvalue weighted by Crippen LogP contribution is 2.15. The van der Waals surface area contributed by atoms with E-state index in [2.05, 4.69) is 52.5 Å². The van der Waals surface area contributed by atoms with Crippen molar-refractivity contribution in [2.45, 2.75) is 26.2 Å². The first-order valence-corrected chi connectivity index (χ1v) is 7.29. The molecule has 1 aromatic carbocycles. The highest BCUT2D eigenvalue weighted by atomic mass is 127. The quantitative estimate of drug-likeness (QED) is 0.490. The van der Waals surface area contributed by atoms with Crippen LogP contribution < -0.4 is 5.32 Å². The van der Waals surface area contributed by atoms with Crippen molar-refractivity contribution in [1.29, 1.82) is 0 Å². The van der Waals surface area contributed by atoms with Crippen molar-refractivity contribution in [2.24, 2.45) is 10.9 Å². The van der Waals surface area contributed by atoms with Crippen molar-refractivity contribution < 1.29 is 0 Å². The lowest BCUT2D eigenvalue weighted by Gasteiger charge is -2.32. The van der Waals surface area contributed by atoms with Crippen LogP contribution in [0.5, 0.6) is 0 Å². The third-order valence-electron chi connectivity index (χ3n) is 3.83. The first-order chi connectivity index (χ1) is 9.29. The number of likely N-dealkylation sites (tertiary alicyclic amines) is 1. The molecule has 4 heteroatoms. The van der Waals surface area contributed by atoms with Crippen LogP contribution in [0.2, 0.25) is 0 Å². The first kappa shape index (κ1) is 17.3. The van der Waals surface area contributed by atoms with Crippen LogP contribution in [0, 0.1) is 5.92 Å². The molecule has 1 aliphatic heterocycles. The Balaban J connectivity index is 0.00000200. The molecule has 1 heterocycles. The summed E-state index contributed by atoms with van der Waals surface area (Å²) < 4.78 is 0. The van der Waals surface area contributed by atoms with Gasteiger partial charge in [0.15, 0.2) is 5.96 Å². The van der Waals surface area contributed by atoms with E-state index >= 15 is 0 Å². The smallest absolute Gasteiger partial charge is 0.193 e. The maximum atomic E-state index is 4.40. The highest BCUT2D eigenvalue weighted by molar-refractivity contribution is 14.0. The molecule has 0 spiro atoms. The molecule has 1 aliphatic rings. The molecule has 0 unspecified atom stereocenters. The summed E-state index contributed by atoms with van der Waals surface area (Å²) in [4.78, 5) is 6.78. The van der Waals surface area contributed by atoms with Crippen molar-refractivity contribution in [3.63, 3.8) is 0 Å². The molecule has 20 heavy (non-hydrogen) atoms. The van der Waals surface area contributed by atoms with Crippen LogP contribution in [0.25, 0.3) is 0 Å². The van der Waals surface area contributed by atoms with E-state index in [1.54, 1.807) is 0 Å². The Morgan fingerprint density at radius 2 is 1.90 bits per heavy atom. The number of piperidine rings is 1. The van der Waals surface area contributed by atoms with Crippen LogP contribution in [-0.4, -0.2) is 37.5 Å². The van der Waals surface area contributed by atoms with Gasteiger partial charge >= 0.3 is 0 Å². The second kappa shape index (κ2) is 9.21. The zero-order chi connectivity index (χ0) is 13.5. The summed E-state index contributed by atoms with van der Waals surface area (Å²) in [5.74, 6) is 1.92. The molecule has 1 saturated heterocycles. The number of hydrogen-bond acceptors (Lipinski definition) is 1. The zero-order valence-corrected chi connectivity index (χ0v) is 14.8. The van der Waals surface area contributed by atoms with Gasteiger partial charge in [0, 0.05) is 26.7 Å². The first-order valence-electron chi connectivity index (χ1n) is 7.29. The SMILES string of the molecule is CN=C(NCCc1ccccc1)N1CCC(C)CC1.I. The van der Waals surface area contributed by atoms with E-state index in [9.17, 15) is 0 Å². The highest BCUT2D eigenvalue weighted by Gasteiger charge is 2.18. The summed E-state index contributed by atoms with van der Waals surface area (Å²) in [6.45, 7) is 5.55. The molecule has 0 atom stereocenters. The third kappa shape index (κ3) is 5.31. The van der Waals surface area contributed by atoms with Crippen LogP contribution in [-0.2, 0) is 6.42 Å². The van der Waals surface area contributed by atoms with E-state index in [0.717, 1.165) is 37.9 Å². The van der Waals surface area contributed by atoms with E-state index in [0.29, 0.717) is 0 Å². The number of aliphatic imine (C=N–C) groups is 1. The molecule has 0 aliphatic carbocycles. The molecule has 3 nitrogen and oxygen atoms in total. The number of nitrogens with one attached hydrogen (secondary N) is 1. The molecular formula is C16H26IN3. The molecule has 2 rings (SSSR count). The predicted octanol–water partition coefficient (Wildman–Crippen LogP) is 3.15. The minimum Gasteiger partial charge on any atom is -0.356 e. The second-order valence-electron chi connectivity index (χ2n) is 5.38. The van der Waals surface area contributed by atoms with Gasteiger partial charge in [0.25, 0.3) is 0 Å². The Labute approximate surface area is 139 Å². The summed E-state index contributed by atoms with van der Waals surface area (Å²) in [5, 5.41) is 3.48.